The Morgan fingerprint density at radius 3 is 2.33 bits per heavy atom. The predicted octanol–water partition coefficient (Wildman–Crippen LogP) is 4.20. The smallest absolute Gasteiger partial charge is 0.150 e. The molecule has 0 saturated carbocycles. The van der Waals surface area contributed by atoms with E-state index in [1.807, 2.05) is 12.1 Å². The van der Waals surface area contributed by atoms with Gasteiger partial charge in [0, 0.05) is 11.6 Å². The van der Waals surface area contributed by atoms with Crippen molar-refractivity contribution in [2.45, 2.75) is 0 Å². The molecule has 0 spiro atoms. The number of aldehydes is 1. The van der Waals surface area contributed by atoms with Crippen LogP contribution in [0.15, 0.2) is 48.5 Å². The molecule has 18 heavy (non-hydrogen) atoms. The Balaban J connectivity index is 2.38. The van der Waals surface area contributed by atoms with Gasteiger partial charge in [-0.3, -0.25) is 4.79 Å². The summed E-state index contributed by atoms with van der Waals surface area (Å²) in [5.74, 6) is 0. The maximum absolute atomic E-state index is 10.9. The maximum atomic E-state index is 10.9. The average Bonchev–Trinajstić information content (AvgIpc) is 2.44. The van der Waals surface area contributed by atoms with Crippen LogP contribution in [0.4, 0.5) is 0 Å². The quantitative estimate of drug-likeness (QED) is 0.353. The Morgan fingerprint density at radius 1 is 0.833 bits per heavy atom. The van der Waals surface area contributed by atoms with Crippen molar-refractivity contribution in [3.05, 3.63) is 60.2 Å². The van der Waals surface area contributed by atoms with Crippen molar-refractivity contribution in [1.29, 1.82) is 0 Å². The van der Waals surface area contributed by atoms with Gasteiger partial charge < -0.3 is 0 Å². The molecule has 0 saturated heterocycles. The summed E-state index contributed by atoms with van der Waals surface area (Å²) in [6.07, 6.45) is 0.856. The van der Waals surface area contributed by atoms with Crippen LogP contribution in [0.2, 0.25) is 0 Å². The highest BCUT2D eigenvalue weighted by molar-refractivity contribution is 6.23. The van der Waals surface area contributed by atoms with E-state index in [1.54, 1.807) is 0 Å². The van der Waals surface area contributed by atoms with Crippen LogP contribution in [-0.2, 0) is 0 Å². The van der Waals surface area contributed by atoms with E-state index < -0.39 is 0 Å². The normalized spacial score (nSPS) is 11.6. The molecule has 1 heteroatoms. The summed E-state index contributed by atoms with van der Waals surface area (Å²) in [6.45, 7) is 0. The van der Waals surface area contributed by atoms with Crippen LogP contribution in [-0.4, -0.2) is 6.29 Å². The summed E-state index contributed by atoms with van der Waals surface area (Å²) in [5.41, 5.74) is 0.612. The largest absolute Gasteiger partial charge is 0.298 e. The molecule has 0 unspecified atom stereocenters. The van der Waals surface area contributed by atoms with E-state index in [9.17, 15) is 4.79 Å². The third-order valence-electron chi connectivity index (χ3n) is 3.53. The van der Waals surface area contributed by atoms with E-state index in [0.717, 1.165) is 17.1 Å². The van der Waals surface area contributed by atoms with E-state index in [-0.39, 0.29) is 0 Å². The highest BCUT2D eigenvalue weighted by atomic mass is 16.1. The van der Waals surface area contributed by atoms with Crippen LogP contribution in [0.5, 0.6) is 0 Å². The third kappa shape index (κ3) is 1.13. The second-order valence-electron chi connectivity index (χ2n) is 4.56. The molecule has 83 valence electrons. The van der Waals surface area contributed by atoms with Crippen molar-refractivity contribution in [3.8, 4) is 0 Å². The molecule has 4 rings (SSSR count). The lowest BCUT2D eigenvalue weighted by atomic mass is 9.93. The number of carbonyl (C=O) groups excluding carboxylic acids is 1. The van der Waals surface area contributed by atoms with E-state index >= 15 is 0 Å². The summed E-state index contributed by atoms with van der Waals surface area (Å²) < 4.78 is 0. The highest BCUT2D eigenvalue weighted by Gasteiger charge is 2.08. The van der Waals surface area contributed by atoms with Gasteiger partial charge in [-0.15, -0.1) is 0 Å². The van der Waals surface area contributed by atoms with Crippen LogP contribution in [0.3, 0.4) is 0 Å². The van der Waals surface area contributed by atoms with E-state index in [1.165, 1.54) is 21.5 Å². The topological polar surface area (TPSA) is 17.1 Å². The van der Waals surface area contributed by atoms with Crippen molar-refractivity contribution >= 4 is 38.6 Å². The molecule has 1 radical (unpaired) electrons. The molecule has 4 aromatic carbocycles. The van der Waals surface area contributed by atoms with Gasteiger partial charge in [0.2, 0.25) is 0 Å². The van der Waals surface area contributed by atoms with E-state index in [4.69, 9.17) is 0 Å². The van der Waals surface area contributed by atoms with Gasteiger partial charge in [-0.05, 0) is 38.4 Å². The van der Waals surface area contributed by atoms with Crippen molar-refractivity contribution < 1.29 is 4.79 Å². The van der Waals surface area contributed by atoms with Crippen molar-refractivity contribution in [1.82, 2.24) is 0 Å². The molecule has 4 aromatic rings. The molecule has 0 aliphatic heterocycles. The number of hydrogen-bond acceptors (Lipinski definition) is 1. The molecule has 0 aromatic heterocycles. The SMILES string of the molecule is O=Cc1[c]c2ccc3cccc4ccc(c1)c2c34. The summed E-state index contributed by atoms with van der Waals surface area (Å²) in [6, 6.07) is 19.7. The van der Waals surface area contributed by atoms with Gasteiger partial charge in [-0.1, -0.05) is 42.5 Å². The fraction of sp³-hybridized carbons (Fsp3) is 0. The van der Waals surface area contributed by atoms with Crippen LogP contribution in [0.1, 0.15) is 10.4 Å². The molecular formula is C17H9O. The Hall–Kier alpha value is -2.41. The van der Waals surface area contributed by atoms with Gasteiger partial charge >= 0.3 is 0 Å². The van der Waals surface area contributed by atoms with Gasteiger partial charge in [0.1, 0.15) is 0 Å². The third-order valence-corrected chi connectivity index (χ3v) is 3.53. The predicted molar refractivity (Wildman–Crippen MR) is 74.4 cm³/mol. The molecule has 1 nitrogen and oxygen atoms in total. The first-order chi connectivity index (χ1) is 8.86. The maximum Gasteiger partial charge on any atom is 0.150 e. The molecule has 0 aliphatic carbocycles. The molecular weight excluding hydrogens is 220 g/mol. The number of rotatable bonds is 1. The fourth-order valence-corrected chi connectivity index (χ4v) is 2.76. The lowest BCUT2D eigenvalue weighted by Crippen LogP contribution is -1.87. The monoisotopic (exact) mass is 229 g/mol. The van der Waals surface area contributed by atoms with Gasteiger partial charge in [0.05, 0.1) is 0 Å². The zero-order chi connectivity index (χ0) is 12.1. The zero-order valence-electron chi connectivity index (χ0n) is 9.60. The lowest BCUT2D eigenvalue weighted by molar-refractivity contribution is 0.112. The highest BCUT2D eigenvalue weighted by Crippen LogP contribution is 2.34. The van der Waals surface area contributed by atoms with E-state index in [2.05, 4.69) is 42.5 Å². The minimum absolute atomic E-state index is 0.612. The Labute approximate surface area is 104 Å². The summed E-state index contributed by atoms with van der Waals surface area (Å²) in [4.78, 5) is 10.9. The zero-order valence-corrected chi connectivity index (χ0v) is 9.60. The number of hydrogen-bond donors (Lipinski definition) is 0. The number of benzene rings is 4. The van der Waals surface area contributed by atoms with Gasteiger partial charge in [0.25, 0.3) is 0 Å². The van der Waals surface area contributed by atoms with Gasteiger partial charge in [0.15, 0.2) is 6.29 Å². The van der Waals surface area contributed by atoms with Gasteiger partial charge in [-0.25, -0.2) is 0 Å². The summed E-state index contributed by atoms with van der Waals surface area (Å²) in [7, 11) is 0. The summed E-state index contributed by atoms with van der Waals surface area (Å²) in [5, 5.41) is 7.06. The van der Waals surface area contributed by atoms with Crippen molar-refractivity contribution in [2.75, 3.05) is 0 Å². The molecule has 0 fully saturated rings. The Morgan fingerprint density at radius 2 is 1.56 bits per heavy atom. The summed E-state index contributed by atoms with van der Waals surface area (Å²) >= 11 is 0. The van der Waals surface area contributed by atoms with Crippen LogP contribution in [0, 0.1) is 6.07 Å². The van der Waals surface area contributed by atoms with Crippen LogP contribution < -0.4 is 0 Å². The van der Waals surface area contributed by atoms with Gasteiger partial charge in [-0.2, -0.15) is 0 Å². The first-order valence-corrected chi connectivity index (χ1v) is 5.92. The second kappa shape index (κ2) is 3.30. The molecule has 0 amide bonds. The number of carbonyl (C=O) groups is 1. The molecule has 0 N–H and O–H groups in total. The molecule has 0 bridgehead atoms. The first kappa shape index (κ1) is 9.60. The Kier molecular flexibility index (Phi) is 1.76. The fourth-order valence-electron chi connectivity index (χ4n) is 2.76. The lowest BCUT2D eigenvalue weighted by Gasteiger charge is -2.10. The molecule has 0 aliphatic rings. The minimum atomic E-state index is 0.612. The van der Waals surface area contributed by atoms with Crippen molar-refractivity contribution in [2.24, 2.45) is 0 Å². The minimum Gasteiger partial charge on any atom is -0.298 e. The Bertz CT molecular complexity index is 826. The van der Waals surface area contributed by atoms with E-state index in [0.29, 0.717) is 5.56 Å². The molecule has 0 heterocycles. The average molecular weight is 229 g/mol. The standard InChI is InChI=1S/C17H9O/c18-10-11-8-14-6-4-12-2-1-3-13-5-7-15(9-11)17(14)16(12)13/h1-8,10H. The van der Waals surface area contributed by atoms with Crippen molar-refractivity contribution in [3.63, 3.8) is 0 Å². The van der Waals surface area contributed by atoms with Crippen LogP contribution in [0.25, 0.3) is 32.3 Å². The van der Waals surface area contributed by atoms with Crippen LogP contribution >= 0.6 is 0 Å². The molecule has 0 atom stereocenters. The first-order valence-electron chi connectivity index (χ1n) is 5.92. The second-order valence-corrected chi connectivity index (χ2v) is 4.56.